The van der Waals surface area contributed by atoms with Crippen LogP contribution in [0.25, 0.3) is 0 Å². The van der Waals surface area contributed by atoms with Crippen molar-refractivity contribution in [1.29, 1.82) is 0 Å². The van der Waals surface area contributed by atoms with Crippen molar-refractivity contribution < 1.29 is 13.2 Å². The fourth-order valence-electron chi connectivity index (χ4n) is 2.89. The van der Waals surface area contributed by atoms with Gasteiger partial charge < -0.3 is 5.32 Å². The molecule has 0 aromatic heterocycles. The van der Waals surface area contributed by atoms with Crippen molar-refractivity contribution in [2.75, 3.05) is 19.8 Å². The van der Waals surface area contributed by atoms with Crippen LogP contribution in [0, 0.1) is 13.8 Å². The van der Waals surface area contributed by atoms with Crippen LogP contribution in [-0.2, 0) is 14.8 Å². The number of aryl methyl sites for hydroxylation is 2. The molecule has 1 N–H and O–H groups in total. The SMILES string of the molecule is CSc1ccc(S(=O)(=O)N(C)CC(=O)N[C@@H](C)c2ccc(C)cc2C)cc1. The van der Waals surface area contributed by atoms with E-state index in [1.807, 2.05) is 39.2 Å². The average Bonchev–Trinajstić information content (AvgIpc) is 2.61. The first kappa shape index (κ1) is 21.5. The molecule has 0 fully saturated rings. The summed E-state index contributed by atoms with van der Waals surface area (Å²) in [7, 11) is -2.29. The molecule has 0 unspecified atom stereocenters. The maximum atomic E-state index is 12.7. The zero-order valence-electron chi connectivity index (χ0n) is 16.3. The maximum Gasteiger partial charge on any atom is 0.243 e. The minimum Gasteiger partial charge on any atom is -0.348 e. The molecule has 0 aliphatic carbocycles. The fraction of sp³-hybridized carbons (Fsp3) is 0.350. The Morgan fingerprint density at radius 1 is 1.15 bits per heavy atom. The maximum absolute atomic E-state index is 12.7. The summed E-state index contributed by atoms with van der Waals surface area (Å²) in [6, 6.07) is 12.5. The summed E-state index contributed by atoms with van der Waals surface area (Å²) in [6.45, 7) is 5.68. The van der Waals surface area contributed by atoms with Gasteiger partial charge in [0.25, 0.3) is 0 Å². The number of hydrogen-bond donors (Lipinski definition) is 1. The molecular formula is C20H26N2O3S2. The second-order valence-electron chi connectivity index (χ2n) is 6.59. The molecule has 0 saturated heterocycles. The minimum absolute atomic E-state index is 0.179. The summed E-state index contributed by atoms with van der Waals surface area (Å²) >= 11 is 1.54. The zero-order chi connectivity index (χ0) is 20.2. The smallest absolute Gasteiger partial charge is 0.243 e. The van der Waals surface area contributed by atoms with Crippen LogP contribution >= 0.6 is 11.8 Å². The highest BCUT2D eigenvalue weighted by Crippen LogP contribution is 2.21. The Hall–Kier alpha value is -1.83. The lowest BCUT2D eigenvalue weighted by molar-refractivity contribution is -0.121. The van der Waals surface area contributed by atoms with Crippen LogP contribution in [-0.4, -0.2) is 38.5 Å². The standard InChI is InChI=1S/C20H26N2O3S2/c1-14-6-11-19(15(2)12-14)16(3)21-20(23)13-22(4)27(24,25)18-9-7-17(26-5)8-10-18/h6-12,16H,13H2,1-5H3,(H,21,23)/t16-/m0/s1. The normalized spacial score (nSPS) is 12.8. The average molecular weight is 407 g/mol. The molecule has 1 atom stereocenters. The van der Waals surface area contributed by atoms with Crippen LogP contribution in [0.4, 0.5) is 0 Å². The van der Waals surface area contributed by atoms with Gasteiger partial charge in [-0.2, -0.15) is 4.31 Å². The van der Waals surface area contributed by atoms with Crippen molar-refractivity contribution in [3.05, 3.63) is 59.2 Å². The third kappa shape index (κ3) is 5.34. The van der Waals surface area contributed by atoms with Gasteiger partial charge in [-0.1, -0.05) is 23.8 Å². The largest absolute Gasteiger partial charge is 0.348 e. The molecule has 0 saturated carbocycles. The van der Waals surface area contributed by atoms with Gasteiger partial charge in [-0.15, -0.1) is 11.8 Å². The van der Waals surface area contributed by atoms with Gasteiger partial charge in [0.1, 0.15) is 0 Å². The van der Waals surface area contributed by atoms with Crippen LogP contribution in [0.2, 0.25) is 0 Å². The van der Waals surface area contributed by atoms with Crippen LogP contribution in [0.15, 0.2) is 52.3 Å². The number of nitrogens with one attached hydrogen (secondary N) is 1. The second-order valence-corrected chi connectivity index (χ2v) is 9.51. The molecule has 5 nitrogen and oxygen atoms in total. The van der Waals surface area contributed by atoms with Crippen molar-refractivity contribution in [2.24, 2.45) is 0 Å². The number of hydrogen-bond acceptors (Lipinski definition) is 4. The summed E-state index contributed by atoms with van der Waals surface area (Å²) in [6.07, 6.45) is 1.93. The van der Waals surface area contributed by atoms with E-state index in [1.54, 1.807) is 36.0 Å². The Kier molecular flexibility index (Phi) is 7.08. The van der Waals surface area contributed by atoms with Crippen molar-refractivity contribution in [2.45, 2.75) is 36.6 Å². The first-order valence-corrected chi connectivity index (χ1v) is 11.3. The molecule has 146 valence electrons. The summed E-state index contributed by atoms with van der Waals surface area (Å²) in [5.41, 5.74) is 3.28. The zero-order valence-corrected chi connectivity index (χ0v) is 17.9. The molecule has 0 aliphatic rings. The quantitative estimate of drug-likeness (QED) is 0.715. The van der Waals surface area contributed by atoms with Crippen LogP contribution < -0.4 is 5.32 Å². The molecule has 0 radical (unpaired) electrons. The predicted molar refractivity (Wildman–Crippen MR) is 111 cm³/mol. The fourth-order valence-corrected chi connectivity index (χ4v) is 4.43. The summed E-state index contributed by atoms with van der Waals surface area (Å²) in [5, 5.41) is 2.88. The van der Waals surface area contributed by atoms with Crippen molar-refractivity contribution in [1.82, 2.24) is 9.62 Å². The third-order valence-electron chi connectivity index (χ3n) is 4.40. The van der Waals surface area contributed by atoms with Gasteiger partial charge in [-0.25, -0.2) is 8.42 Å². The molecule has 0 heterocycles. The van der Waals surface area contributed by atoms with Gasteiger partial charge in [-0.05, 0) is 62.4 Å². The van der Waals surface area contributed by atoms with E-state index in [9.17, 15) is 13.2 Å². The molecule has 7 heteroatoms. The first-order valence-electron chi connectivity index (χ1n) is 8.62. The lowest BCUT2D eigenvalue weighted by atomic mass is 10.0. The van der Waals surface area contributed by atoms with Crippen LogP contribution in [0.1, 0.15) is 29.7 Å². The van der Waals surface area contributed by atoms with E-state index in [2.05, 4.69) is 11.4 Å². The number of rotatable bonds is 7. The monoisotopic (exact) mass is 406 g/mol. The van der Waals surface area contributed by atoms with E-state index < -0.39 is 10.0 Å². The summed E-state index contributed by atoms with van der Waals surface area (Å²) in [4.78, 5) is 13.5. The van der Waals surface area contributed by atoms with Gasteiger partial charge in [0, 0.05) is 11.9 Å². The van der Waals surface area contributed by atoms with Crippen molar-refractivity contribution in [3.8, 4) is 0 Å². The van der Waals surface area contributed by atoms with E-state index in [-0.39, 0.29) is 23.4 Å². The summed E-state index contributed by atoms with van der Waals surface area (Å²) < 4.78 is 26.4. The predicted octanol–water partition coefficient (Wildman–Crippen LogP) is 3.52. The lowest BCUT2D eigenvalue weighted by Crippen LogP contribution is -2.39. The van der Waals surface area contributed by atoms with Gasteiger partial charge in [0.15, 0.2) is 0 Å². The number of carbonyl (C=O) groups excluding carboxylic acids is 1. The Morgan fingerprint density at radius 3 is 2.33 bits per heavy atom. The van der Waals surface area contributed by atoms with E-state index in [0.717, 1.165) is 25.9 Å². The van der Waals surface area contributed by atoms with Gasteiger partial charge in [0.2, 0.25) is 15.9 Å². The Balaban J connectivity index is 2.05. The topological polar surface area (TPSA) is 66.5 Å². The molecule has 0 aliphatic heterocycles. The highest BCUT2D eigenvalue weighted by atomic mass is 32.2. The number of amides is 1. The molecule has 0 spiro atoms. The lowest BCUT2D eigenvalue weighted by Gasteiger charge is -2.20. The third-order valence-corrected chi connectivity index (χ3v) is 6.96. The molecule has 27 heavy (non-hydrogen) atoms. The van der Waals surface area contributed by atoms with Gasteiger partial charge in [0.05, 0.1) is 17.5 Å². The number of thioether (sulfide) groups is 1. The molecular weight excluding hydrogens is 380 g/mol. The number of nitrogens with zero attached hydrogens (tertiary/aromatic N) is 1. The minimum atomic E-state index is -3.71. The Morgan fingerprint density at radius 2 is 1.78 bits per heavy atom. The molecule has 2 aromatic carbocycles. The molecule has 0 bridgehead atoms. The number of benzene rings is 2. The van der Waals surface area contributed by atoms with Crippen molar-refractivity contribution >= 4 is 27.7 Å². The molecule has 1 amide bonds. The van der Waals surface area contributed by atoms with Crippen LogP contribution in [0.5, 0.6) is 0 Å². The van der Waals surface area contributed by atoms with Gasteiger partial charge in [-0.3, -0.25) is 4.79 Å². The second kappa shape index (κ2) is 8.91. The highest BCUT2D eigenvalue weighted by molar-refractivity contribution is 7.98. The van der Waals surface area contributed by atoms with Crippen molar-refractivity contribution in [3.63, 3.8) is 0 Å². The molecule has 2 aromatic rings. The number of carbonyl (C=O) groups is 1. The van der Waals surface area contributed by atoms with E-state index >= 15 is 0 Å². The first-order chi connectivity index (χ1) is 12.6. The van der Waals surface area contributed by atoms with E-state index in [0.29, 0.717) is 0 Å². The van der Waals surface area contributed by atoms with Crippen LogP contribution in [0.3, 0.4) is 0 Å². The number of sulfonamides is 1. The highest BCUT2D eigenvalue weighted by Gasteiger charge is 2.23. The Bertz CT molecular complexity index is 909. The van der Waals surface area contributed by atoms with Gasteiger partial charge >= 0.3 is 0 Å². The van der Waals surface area contributed by atoms with E-state index in [4.69, 9.17) is 0 Å². The Labute approximate surface area is 166 Å². The number of likely N-dealkylation sites (N-methyl/N-ethyl adjacent to an activating group) is 1. The summed E-state index contributed by atoms with van der Waals surface area (Å²) in [5.74, 6) is -0.339. The van der Waals surface area contributed by atoms with E-state index in [1.165, 1.54) is 7.05 Å². The molecule has 2 rings (SSSR count).